The molecule has 5 N–H and O–H groups in total. The van der Waals surface area contributed by atoms with E-state index in [-0.39, 0.29) is 125 Å². The summed E-state index contributed by atoms with van der Waals surface area (Å²) >= 11 is 0. The number of nitrogens with one attached hydrogen (secondary N) is 5. The number of hydrogen-bond donors (Lipinski definition) is 5. The number of rotatable bonds is 15. The number of aromatic nitrogens is 3. The zero-order chi connectivity index (χ0) is 81.7. The molecule has 0 spiro atoms. The Morgan fingerprint density at radius 3 is 1.17 bits per heavy atom. The van der Waals surface area contributed by atoms with Crippen LogP contribution in [0.2, 0.25) is 0 Å². The topological polar surface area (TPSA) is 266 Å². The fourth-order valence-electron chi connectivity index (χ4n) is 20.9. The molecule has 628 valence electrons. The number of carbonyl (C=O) groups is 9. The number of amides is 3. The van der Waals surface area contributed by atoms with Crippen LogP contribution in [0, 0.1) is 28.1 Å². The highest BCUT2D eigenvalue weighted by atomic mass is 16.5. The fourth-order valence-corrected chi connectivity index (χ4v) is 20.9. The van der Waals surface area contributed by atoms with Crippen LogP contribution in [0.5, 0.6) is 0 Å². The van der Waals surface area contributed by atoms with Gasteiger partial charge in [-0.1, -0.05) is 59.9 Å². The number of benzene rings is 3. The molecule has 3 aromatic carbocycles. The molecule has 116 heavy (non-hydrogen) atoms. The van der Waals surface area contributed by atoms with E-state index >= 15 is 0 Å². The Morgan fingerprint density at radius 2 is 0.810 bits per heavy atom. The number of anilines is 2. The van der Waals surface area contributed by atoms with E-state index in [1.807, 2.05) is 80.9 Å². The van der Waals surface area contributed by atoms with Crippen molar-refractivity contribution in [2.75, 3.05) is 83.5 Å². The first kappa shape index (κ1) is 84.5. The minimum Gasteiger partial charge on any atom is -0.388 e. The average Bonchev–Trinajstić information content (AvgIpc) is 1.55. The Balaban J connectivity index is 0.000000144. The number of carbonyl (C=O) groups excluding carboxylic acids is 9. The lowest BCUT2D eigenvalue weighted by molar-refractivity contribution is -0.139. The third kappa shape index (κ3) is 18.1. The van der Waals surface area contributed by atoms with E-state index in [4.69, 9.17) is 14.2 Å². The second-order valence-electron chi connectivity index (χ2n) is 36.3. The number of piperidine rings is 3. The van der Waals surface area contributed by atoms with E-state index in [1.54, 1.807) is 20.8 Å². The molecule has 3 aromatic heterocycles. The second kappa shape index (κ2) is 36.7. The van der Waals surface area contributed by atoms with Crippen molar-refractivity contribution >= 4 is 96.5 Å². The number of ether oxygens (including phenoxy) is 3. The predicted molar refractivity (Wildman–Crippen MR) is 452 cm³/mol. The van der Waals surface area contributed by atoms with E-state index in [2.05, 4.69) is 70.8 Å². The van der Waals surface area contributed by atoms with Crippen molar-refractivity contribution < 1.29 is 57.4 Å². The van der Waals surface area contributed by atoms with Gasteiger partial charge in [0.15, 0.2) is 34.7 Å². The third-order valence-electron chi connectivity index (χ3n) is 27.3. The molecular formula is C93H129N11O12. The van der Waals surface area contributed by atoms with Crippen LogP contribution in [0.4, 0.5) is 11.4 Å². The summed E-state index contributed by atoms with van der Waals surface area (Å²) < 4.78 is 24.1. The van der Waals surface area contributed by atoms with Gasteiger partial charge in [0.2, 0.25) is 17.7 Å². The smallest absolute Gasteiger partial charge is 0.243 e. The van der Waals surface area contributed by atoms with Crippen LogP contribution >= 0.6 is 0 Å². The van der Waals surface area contributed by atoms with Crippen molar-refractivity contribution in [1.82, 2.24) is 44.4 Å². The second-order valence-corrected chi connectivity index (χ2v) is 36.3. The van der Waals surface area contributed by atoms with Gasteiger partial charge in [-0.05, 0) is 220 Å². The highest BCUT2D eigenvalue weighted by Gasteiger charge is 2.69. The Hall–Kier alpha value is -7.93. The van der Waals surface area contributed by atoms with Crippen molar-refractivity contribution in [3.8, 4) is 0 Å². The molecule has 6 aromatic rings. The Morgan fingerprint density at radius 1 is 0.457 bits per heavy atom. The molecule has 9 atom stereocenters. The lowest BCUT2D eigenvalue weighted by atomic mass is 9.89. The summed E-state index contributed by atoms with van der Waals surface area (Å²) in [6.45, 7) is 24.8. The standard InChI is InChI=1S/C34H48N4O4.C31H43N3O4.C28H38N4O4/c1-3-30(40)29-16-34-17-31(34)38(29)32(41)21-37-20-28(23(2)39)27-15-26(36-18-24-10-6-4-7-11-24)14-25(33(27)37)19-35-12-8-5-9-13-42-22-34;1-5-27(36)26-14-31-15-28(31)34(26)29(37)18-33-17-25(21(4)35)24-13-22(11-20(2)3)12-23(30(24)33)16-32-9-7-6-8-10-38-19-31;1-4-24(34)23-12-28-13-25(28)32(23)26(35)16-31-15-22(18(2)33)21-11-20(29-3)10-19(27(21)31)14-30-8-6-5-7-9-36-17-28/h14-15,20,24,29,31,35-36H,3-13,16-19,21-22H2,1-2H3;12-13,17,20,26,28,32H,5-11,14-16,18-19H2,1-4H3;10-11,15,23,25,29-30H,4-9,12-14,16-17H2,1-3H3/t29-,31+,34-;26-,28+,31-;23-,25+,28-/m000/s1. The summed E-state index contributed by atoms with van der Waals surface area (Å²) in [7, 11) is 1.87. The van der Waals surface area contributed by atoms with Crippen LogP contribution in [0.25, 0.3) is 32.7 Å². The van der Waals surface area contributed by atoms with Gasteiger partial charge in [0.05, 0.1) is 54.5 Å². The maximum Gasteiger partial charge on any atom is 0.243 e. The molecule has 9 heterocycles. The Bertz CT molecular complexity index is 4660. The van der Waals surface area contributed by atoms with Crippen LogP contribution < -0.4 is 26.6 Å². The number of ketones is 6. The van der Waals surface area contributed by atoms with Gasteiger partial charge in [-0.15, -0.1) is 0 Å². The van der Waals surface area contributed by atoms with Crippen LogP contribution in [-0.4, -0.2) is 190 Å². The first-order valence-electron chi connectivity index (χ1n) is 44.3. The lowest BCUT2D eigenvalue weighted by Crippen LogP contribution is -2.44. The highest BCUT2D eigenvalue weighted by Crippen LogP contribution is 2.62. The van der Waals surface area contributed by atoms with Gasteiger partial charge in [0.25, 0.3) is 0 Å². The molecule has 6 aliphatic heterocycles. The molecule has 4 saturated carbocycles. The van der Waals surface area contributed by atoms with Gasteiger partial charge in [0.1, 0.15) is 19.6 Å². The molecule has 0 radical (unpaired) electrons. The largest absolute Gasteiger partial charge is 0.388 e. The zero-order valence-electron chi connectivity index (χ0n) is 70.7. The summed E-state index contributed by atoms with van der Waals surface area (Å²) in [6.07, 6.45) is 28.6. The normalized spacial score (nSPS) is 27.0. The summed E-state index contributed by atoms with van der Waals surface area (Å²) in [5, 5.41) is 20.4. The third-order valence-corrected chi connectivity index (χ3v) is 27.3. The van der Waals surface area contributed by atoms with Crippen LogP contribution in [0.3, 0.4) is 0 Å². The zero-order valence-corrected chi connectivity index (χ0v) is 70.7. The van der Waals surface area contributed by atoms with Gasteiger partial charge in [-0.2, -0.15) is 0 Å². The molecule has 3 amide bonds. The van der Waals surface area contributed by atoms with Crippen molar-refractivity contribution in [2.45, 2.75) is 285 Å². The van der Waals surface area contributed by atoms with Gasteiger partial charge < -0.3 is 69.2 Å². The maximum absolute atomic E-state index is 14.1. The fraction of sp³-hybridized carbons (Fsp3) is 0.645. The molecule has 23 heteroatoms. The monoisotopic (exact) mass is 1590 g/mol. The van der Waals surface area contributed by atoms with E-state index < -0.39 is 0 Å². The summed E-state index contributed by atoms with van der Waals surface area (Å²) in [6, 6.07) is 11.8. The first-order chi connectivity index (χ1) is 56.0. The molecule has 6 bridgehead atoms. The van der Waals surface area contributed by atoms with Crippen molar-refractivity contribution in [3.63, 3.8) is 0 Å². The number of Topliss-reactive ketones (excluding diaryl/α,β-unsaturated/α-hetero) is 6. The Labute approximate surface area is 685 Å². The minimum atomic E-state index is -0.380. The minimum absolute atomic E-state index is 0.00233. The molecule has 16 rings (SSSR count). The average molecular weight is 1590 g/mol. The van der Waals surface area contributed by atoms with Crippen molar-refractivity contribution in [3.05, 3.63) is 93.9 Å². The van der Waals surface area contributed by atoms with Crippen LogP contribution in [0.1, 0.15) is 256 Å². The molecule has 3 saturated heterocycles. The van der Waals surface area contributed by atoms with Crippen LogP contribution in [0.15, 0.2) is 55.0 Å². The number of hydrogen-bond acceptors (Lipinski definition) is 17. The summed E-state index contributed by atoms with van der Waals surface area (Å²) in [4.78, 5) is 125. The number of nitrogens with zero attached hydrogens (tertiary/aromatic N) is 6. The highest BCUT2D eigenvalue weighted by molar-refractivity contribution is 6.11. The summed E-state index contributed by atoms with van der Waals surface area (Å²) in [5.74, 6) is 1.39. The predicted octanol–water partition coefficient (Wildman–Crippen LogP) is 13.7. The molecular weight excluding hydrogens is 1460 g/mol. The first-order valence-corrected chi connectivity index (χ1v) is 44.3. The lowest BCUT2D eigenvalue weighted by Gasteiger charge is -2.27. The van der Waals surface area contributed by atoms with Gasteiger partial charge in [-0.3, -0.25) is 43.2 Å². The molecule has 0 unspecified atom stereocenters. The van der Waals surface area contributed by atoms with E-state index in [9.17, 15) is 43.2 Å². The molecule has 10 aliphatic rings. The van der Waals surface area contributed by atoms with E-state index in [0.717, 1.165) is 190 Å². The van der Waals surface area contributed by atoms with E-state index in [0.29, 0.717) is 107 Å². The Kier molecular flexibility index (Phi) is 26.8. The van der Waals surface area contributed by atoms with Crippen LogP contribution in [-0.2, 0) is 88.7 Å². The SMILES string of the molecule is CCC(=O)[C@@H]1C[C@]23COCCCCCNCc4cc(CC(C)C)cc5c(C(C)=O)cn(c45)CC(=O)N1[C@@H]2C3.CCC(=O)[C@@H]1C[C@]23COCCCCCNCc4cc(NC)cc5c(C(C)=O)cn(c45)CC(=O)N1[C@@H]2C3.CCC(=O)[C@@H]1C[C@]23COCCCCCNCc4cc(NCC5CCCCC5)cc5c(C(C)=O)cn(c45)CC(=O)N1[C@@H]2C3. The molecule has 7 fully saturated rings. The van der Waals surface area contributed by atoms with Gasteiger partial charge in [-0.25, -0.2) is 0 Å². The maximum atomic E-state index is 14.1. The van der Waals surface area contributed by atoms with Gasteiger partial charge >= 0.3 is 0 Å². The summed E-state index contributed by atoms with van der Waals surface area (Å²) in [5.41, 5.74) is 10.9. The molecule has 4 aliphatic carbocycles. The quantitative estimate of drug-likeness (QED) is 0.0598. The van der Waals surface area contributed by atoms with E-state index in [1.165, 1.54) is 37.7 Å². The molecule has 23 nitrogen and oxygen atoms in total. The van der Waals surface area contributed by atoms with Gasteiger partial charge in [0, 0.05) is 169 Å². The van der Waals surface area contributed by atoms with Crippen molar-refractivity contribution in [1.29, 1.82) is 0 Å². The van der Waals surface area contributed by atoms with Crippen molar-refractivity contribution in [2.24, 2.45) is 28.1 Å².